The number of likely N-dealkylation sites (tertiary alicyclic amines) is 1. The van der Waals surface area contributed by atoms with E-state index in [0.717, 1.165) is 19.4 Å². The second kappa shape index (κ2) is 7.04. The molecule has 0 bridgehead atoms. The van der Waals surface area contributed by atoms with Crippen LogP contribution in [0.3, 0.4) is 0 Å². The van der Waals surface area contributed by atoms with E-state index < -0.39 is 0 Å². The fraction of sp³-hybridized carbons (Fsp3) is 0.318. The molecule has 2 nitrogen and oxygen atoms in total. The van der Waals surface area contributed by atoms with Crippen LogP contribution in [0.4, 0.5) is 0 Å². The zero-order valence-corrected chi connectivity index (χ0v) is 14.9. The largest absolute Gasteiger partial charge is 0.378 e. The van der Waals surface area contributed by atoms with Crippen molar-refractivity contribution in [3.8, 4) is 11.1 Å². The highest BCUT2D eigenvalue weighted by molar-refractivity contribution is 5.74. The zero-order valence-electron chi connectivity index (χ0n) is 14.9. The van der Waals surface area contributed by atoms with Crippen LogP contribution < -0.4 is 0 Å². The molecule has 2 heteroatoms. The van der Waals surface area contributed by atoms with Crippen molar-refractivity contribution < 1.29 is 0 Å². The number of benzene rings is 1. The van der Waals surface area contributed by atoms with Crippen molar-refractivity contribution in [2.24, 2.45) is 5.92 Å². The normalized spacial score (nSPS) is 18.3. The molecule has 3 rings (SSSR count). The van der Waals surface area contributed by atoms with Crippen molar-refractivity contribution in [1.29, 1.82) is 0 Å². The maximum Gasteiger partial charge on any atom is 0.0346 e. The molecule has 24 heavy (non-hydrogen) atoms. The summed E-state index contributed by atoms with van der Waals surface area (Å²) < 4.78 is 0. The topological polar surface area (TPSA) is 16.1 Å². The van der Waals surface area contributed by atoms with Crippen molar-refractivity contribution in [3.63, 3.8) is 0 Å². The van der Waals surface area contributed by atoms with Gasteiger partial charge < -0.3 is 4.90 Å². The molecule has 1 aromatic carbocycles. The minimum Gasteiger partial charge on any atom is -0.378 e. The molecule has 0 amide bonds. The Labute approximate surface area is 145 Å². The molecule has 124 valence electrons. The quantitative estimate of drug-likeness (QED) is 0.759. The van der Waals surface area contributed by atoms with Gasteiger partial charge in [-0.2, -0.15) is 0 Å². The fourth-order valence-corrected chi connectivity index (χ4v) is 3.42. The van der Waals surface area contributed by atoms with E-state index in [1.807, 2.05) is 12.4 Å². The van der Waals surface area contributed by atoms with Gasteiger partial charge in [-0.3, -0.25) is 4.98 Å². The number of allylic oxidation sites excluding steroid dienone is 2. The highest BCUT2D eigenvalue weighted by Gasteiger charge is 2.27. The van der Waals surface area contributed by atoms with Crippen molar-refractivity contribution in [3.05, 3.63) is 72.2 Å². The highest BCUT2D eigenvalue weighted by atomic mass is 15.1. The van der Waals surface area contributed by atoms with E-state index in [1.54, 1.807) is 0 Å². The Morgan fingerprint density at radius 2 is 2.00 bits per heavy atom. The molecule has 0 spiro atoms. The predicted octanol–water partition coefficient (Wildman–Crippen LogP) is 5.32. The number of hydrogen-bond donors (Lipinski definition) is 0. The monoisotopic (exact) mass is 318 g/mol. The summed E-state index contributed by atoms with van der Waals surface area (Å²) in [5.41, 5.74) is 7.47. The third-order valence-electron chi connectivity index (χ3n) is 4.90. The van der Waals surface area contributed by atoms with Crippen LogP contribution in [0.25, 0.3) is 16.7 Å². The smallest absolute Gasteiger partial charge is 0.0346 e. The van der Waals surface area contributed by atoms with E-state index in [4.69, 9.17) is 0 Å². The molecule has 1 aromatic heterocycles. The Bertz CT molecular complexity index is 756. The van der Waals surface area contributed by atoms with Gasteiger partial charge in [0.25, 0.3) is 0 Å². The van der Waals surface area contributed by atoms with E-state index in [-0.39, 0.29) is 0 Å². The lowest BCUT2D eigenvalue weighted by molar-refractivity contribution is 0.481. The predicted molar refractivity (Wildman–Crippen MR) is 103 cm³/mol. The summed E-state index contributed by atoms with van der Waals surface area (Å²) in [6.07, 6.45) is 8.44. The van der Waals surface area contributed by atoms with E-state index in [0.29, 0.717) is 5.92 Å². The Morgan fingerprint density at radius 3 is 2.62 bits per heavy atom. The summed E-state index contributed by atoms with van der Waals surface area (Å²) >= 11 is 0. The second-order valence-corrected chi connectivity index (χ2v) is 6.65. The number of rotatable bonds is 4. The molecule has 0 aliphatic carbocycles. The molecular weight excluding hydrogens is 292 g/mol. The maximum absolute atomic E-state index is 4.52. The molecule has 2 heterocycles. The lowest BCUT2D eigenvalue weighted by atomic mass is 9.89. The Kier molecular flexibility index (Phi) is 4.84. The van der Waals surface area contributed by atoms with Crippen molar-refractivity contribution in [1.82, 2.24) is 9.88 Å². The van der Waals surface area contributed by atoms with Gasteiger partial charge in [0.1, 0.15) is 0 Å². The third kappa shape index (κ3) is 3.28. The molecule has 0 N–H and O–H groups in total. The van der Waals surface area contributed by atoms with Gasteiger partial charge in [-0.05, 0) is 42.5 Å². The maximum atomic E-state index is 4.52. The summed E-state index contributed by atoms with van der Waals surface area (Å²) in [4.78, 5) is 6.79. The number of pyridine rings is 1. The Morgan fingerprint density at radius 1 is 1.25 bits per heavy atom. The minimum absolute atomic E-state index is 0.407. The highest BCUT2D eigenvalue weighted by Crippen LogP contribution is 2.38. The zero-order chi connectivity index (χ0) is 17.1. The van der Waals surface area contributed by atoms with Gasteiger partial charge in [-0.1, -0.05) is 49.4 Å². The standard InChI is InChI=1S/C22H26N2/c1-5-6-22(21-11-12-24(4)17(21)3)20-13-19(14-23-15-20)18-9-7-16(2)8-10-18/h6-10,13-15,21H,3,5,11-12H2,1-2,4H3/b22-6+. The lowest BCUT2D eigenvalue weighted by Crippen LogP contribution is -2.11. The summed E-state index contributed by atoms with van der Waals surface area (Å²) in [7, 11) is 2.13. The van der Waals surface area contributed by atoms with Crippen LogP contribution in [-0.2, 0) is 0 Å². The first kappa shape index (κ1) is 16.5. The van der Waals surface area contributed by atoms with Crippen LogP contribution in [0, 0.1) is 12.8 Å². The number of aromatic nitrogens is 1. The summed E-state index contributed by atoms with van der Waals surface area (Å²) in [5.74, 6) is 0.407. The van der Waals surface area contributed by atoms with Gasteiger partial charge >= 0.3 is 0 Å². The molecule has 1 aliphatic rings. The van der Waals surface area contributed by atoms with Gasteiger partial charge in [0.2, 0.25) is 0 Å². The fourth-order valence-electron chi connectivity index (χ4n) is 3.42. The first-order valence-electron chi connectivity index (χ1n) is 8.72. The van der Waals surface area contributed by atoms with Gasteiger partial charge in [0.15, 0.2) is 0 Å². The van der Waals surface area contributed by atoms with Crippen molar-refractivity contribution in [2.45, 2.75) is 26.7 Å². The van der Waals surface area contributed by atoms with Crippen molar-refractivity contribution in [2.75, 3.05) is 13.6 Å². The van der Waals surface area contributed by atoms with E-state index in [9.17, 15) is 0 Å². The summed E-state index contributed by atoms with van der Waals surface area (Å²) in [6, 6.07) is 10.9. The van der Waals surface area contributed by atoms with Crippen LogP contribution in [0.2, 0.25) is 0 Å². The van der Waals surface area contributed by atoms with Crippen LogP contribution >= 0.6 is 0 Å². The molecule has 1 saturated heterocycles. The van der Waals surface area contributed by atoms with E-state index in [2.05, 4.69) is 73.8 Å². The number of hydrogen-bond acceptors (Lipinski definition) is 2. The first-order chi connectivity index (χ1) is 11.6. The molecule has 1 atom stereocenters. The van der Waals surface area contributed by atoms with E-state index in [1.165, 1.54) is 33.5 Å². The van der Waals surface area contributed by atoms with Gasteiger partial charge in [0.05, 0.1) is 0 Å². The van der Waals surface area contributed by atoms with Crippen LogP contribution in [-0.4, -0.2) is 23.5 Å². The Balaban J connectivity index is 1.98. The van der Waals surface area contributed by atoms with E-state index >= 15 is 0 Å². The summed E-state index contributed by atoms with van der Waals surface area (Å²) in [5, 5.41) is 0. The summed E-state index contributed by atoms with van der Waals surface area (Å²) in [6.45, 7) is 9.69. The minimum atomic E-state index is 0.407. The lowest BCUT2D eigenvalue weighted by Gasteiger charge is -2.19. The van der Waals surface area contributed by atoms with Crippen LogP contribution in [0.1, 0.15) is 30.9 Å². The second-order valence-electron chi connectivity index (χ2n) is 6.65. The number of aryl methyl sites for hydroxylation is 1. The Hall–Kier alpha value is -2.35. The average Bonchev–Trinajstić information content (AvgIpc) is 2.93. The average molecular weight is 318 g/mol. The molecular formula is C22H26N2. The SMILES string of the molecule is C=C1C(/C(=C/CC)c2cncc(-c3ccc(C)cc3)c2)CCN1C. The van der Waals surface area contributed by atoms with Crippen molar-refractivity contribution >= 4 is 5.57 Å². The molecule has 0 saturated carbocycles. The third-order valence-corrected chi connectivity index (χ3v) is 4.90. The van der Waals surface area contributed by atoms with Gasteiger partial charge in [-0.25, -0.2) is 0 Å². The molecule has 0 radical (unpaired) electrons. The van der Waals surface area contributed by atoms with Crippen LogP contribution in [0.15, 0.2) is 61.1 Å². The number of nitrogens with zero attached hydrogens (tertiary/aromatic N) is 2. The molecule has 1 aliphatic heterocycles. The molecule has 1 unspecified atom stereocenters. The first-order valence-corrected chi connectivity index (χ1v) is 8.72. The molecule has 2 aromatic rings. The van der Waals surface area contributed by atoms with Crippen LogP contribution in [0.5, 0.6) is 0 Å². The van der Waals surface area contributed by atoms with Gasteiger partial charge in [-0.15, -0.1) is 0 Å². The molecule has 1 fully saturated rings. The van der Waals surface area contributed by atoms with Gasteiger partial charge in [0, 0.05) is 43.2 Å².